The Balaban J connectivity index is 1.78. The number of hydrogen-bond donors (Lipinski definition) is 1. The van der Waals surface area contributed by atoms with Crippen molar-refractivity contribution in [2.24, 2.45) is 0 Å². The molecule has 2 aliphatic rings. The maximum atomic E-state index is 9.69. The van der Waals surface area contributed by atoms with Gasteiger partial charge in [0.1, 0.15) is 5.75 Å². The standard InChI is InChI=1S/C19H21NO/c1-13-6-7-14-4-2-3-5-18(14)20(13)19-11-8-15-12-16(21)9-10-17(15)19/h2-5,9-10,12-13,19,21H,6-8,11H2,1H3. The van der Waals surface area contributed by atoms with Crippen LogP contribution in [-0.4, -0.2) is 11.1 Å². The molecule has 0 bridgehead atoms. The third kappa shape index (κ3) is 2.01. The number of fused-ring (bicyclic) bond motifs is 2. The van der Waals surface area contributed by atoms with Gasteiger partial charge in [0.15, 0.2) is 0 Å². The lowest BCUT2D eigenvalue weighted by Gasteiger charge is -2.41. The van der Waals surface area contributed by atoms with Crippen molar-refractivity contribution < 1.29 is 5.11 Å². The van der Waals surface area contributed by atoms with E-state index in [1.54, 1.807) is 0 Å². The van der Waals surface area contributed by atoms with Crippen molar-refractivity contribution in [3.8, 4) is 5.75 Å². The zero-order valence-electron chi connectivity index (χ0n) is 12.4. The molecule has 0 fully saturated rings. The van der Waals surface area contributed by atoms with Crippen molar-refractivity contribution in [1.82, 2.24) is 0 Å². The molecule has 0 amide bonds. The highest BCUT2D eigenvalue weighted by Crippen LogP contribution is 2.44. The first-order valence-corrected chi connectivity index (χ1v) is 7.92. The Morgan fingerprint density at radius 2 is 1.81 bits per heavy atom. The molecule has 4 rings (SSSR count). The number of hydrogen-bond acceptors (Lipinski definition) is 2. The van der Waals surface area contributed by atoms with Gasteiger partial charge < -0.3 is 10.0 Å². The molecule has 1 aliphatic carbocycles. The van der Waals surface area contributed by atoms with Crippen molar-refractivity contribution in [1.29, 1.82) is 0 Å². The van der Waals surface area contributed by atoms with Gasteiger partial charge in [-0.1, -0.05) is 24.3 Å². The molecule has 0 saturated carbocycles. The summed E-state index contributed by atoms with van der Waals surface area (Å²) in [6.45, 7) is 2.34. The molecule has 108 valence electrons. The van der Waals surface area contributed by atoms with Crippen molar-refractivity contribution in [3.05, 3.63) is 59.2 Å². The number of aryl methyl sites for hydroxylation is 2. The van der Waals surface area contributed by atoms with Crippen molar-refractivity contribution >= 4 is 5.69 Å². The summed E-state index contributed by atoms with van der Waals surface area (Å²) in [6, 6.07) is 15.7. The van der Waals surface area contributed by atoms with E-state index in [1.807, 2.05) is 12.1 Å². The number of phenols is 1. The average Bonchev–Trinajstić information content (AvgIpc) is 2.90. The molecule has 2 nitrogen and oxygen atoms in total. The first kappa shape index (κ1) is 12.8. The lowest BCUT2D eigenvalue weighted by Crippen LogP contribution is -2.39. The van der Waals surface area contributed by atoms with Gasteiger partial charge in [-0.15, -0.1) is 0 Å². The van der Waals surface area contributed by atoms with E-state index >= 15 is 0 Å². The molecule has 2 atom stereocenters. The molecule has 2 unspecified atom stereocenters. The monoisotopic (exact) mass is 279 g/mol. The number of rotatable bonds is 1. The minimum Gasteiger partial charge on any atom is -0.508 e. The van der Waals surface area contributed by atoms with Crippen LogP contribution in [0.25, 0.3) is 0 Å². The Hall–Kier alpha value is -1.96. The third-order valence-corrected chi connectivity index (χ3v) is 5.08. The largest absolute Gasteiger partial charge is 0.508 e. The van der Waals surface area contributed by atoms with Crippen LogP contribution in [0.1, 0.15) is 42.5 Å². The van der Waals surface area contributed by atoms with Crippen LogP contribution in [0.5, 0.6) is 5.75 Å². The molecular formula is C19H21NO. The molecule has 2 aromatic carbocycles. The number of nitrogens with zero attached hydrogens (tertiary/aromatic N) is 1. The smallest absolute Gasteiger partial charge is 0.115 e. The molecule has 2 aromatic rings. The van der Waals surface area contributed by atoms with Gasteiger partial charge in [0, 0.05) is 11.7 Å². The predicted octanol–water partition coefficient (Wildman–Crippen LogP) is 4.22. The fraction of sp³-hybridized carbons (Fsp3) is 0.368. The van der Waals surface area contributed by atoms with Gasteiger partial charge in [0.25, 0.3) is 0 Å². The molecule has 1 heterocycles. The second kappa shape index (κ2) is 4.80. The van der Waals surface area contributed by atoms with Crippen LogP contribution in [0.15, 0.2) is 42.5 Å². The topological polar surface area (TPSA) is 23.5 Å². The van der Waals surface area contributed by atoms with E-state index in [0.29, 0.717) is 17.8 Å². The van der Waals surface area contributed by atoms with Gasteiger partial charge in [-0.2, -0.15) is 0 Å². The second-order valence-electron chi connectivity index (χ2n) is 6.36. The van der Waals surface area contributed by atoms with E-state index in [-0.39, 0.29) is 0 Å². The fourth-order valence-corrected chi connectivity index (χ4v) is 4.06. The molecular weight excluding hydrogens is 258 g/mol. The van der Waals surface area contributed by atoms with Crippen molar-refractivity contribution in [2.45, 2.75) is 44.7 Å². The summed E-state index contributed by atoms with van der Waals surface area (Å²) in [5.41, 5.74) is 5.59. The average molecular weight is 279 g/mol. The SMILES string of the molecule is CC1CCc2ccccc2N1C1CCc2cc(O)ccc21. The van der Waals surface area contributed by atoms with Crippen LogP contribution in [0.3, 0.4) is 0 Å². The molecule has 21 heavy (non-hydrogen) atoms. The van der Waals surface area contributed by atoms with Crippen LogP contribution in [0.4, 0.5) is 5.69 Å². The molecule has 1 aliphatic heterocycles. The number of aromatic hydroxyl groups is 1. The van der Waals surface area contributed by atoms with Crippen LogP contribution in [-0.2, 0) is 12.8 Å². The van der Waals surface area contributed by atoms with Gasteiger partial charge in [0.05, 0.1) is 6.04 Å². The zero-order valence-corrected chi connectivity index (χ0v) is 12.4. The summed E-state index contributed by atoms with van der Waals surface area (Å²) >= 11 is 0. The maximum absolute atomic E-state index is 9.69. The summed E-state index contributed by atoms with van der Waals surface area (Å²) in [6.07, 6.45) is 4.63. The molecule has 1 N–H and O–H groups in total. The number of anilines is 1. The summed E-state index contributed by atoms with van der Waals surface area (Å²) in [5.74, 6) is 0.390. The van der Waals surface area contributed by atoms with Crippen molar-refractivity contribution in [3.63, 3.8) is 0 Å². The summed E-state index contributed by atoms with van der Waals surface area (Å²) in [5, 5.41) is 9.69. The van der Waals surface area contributed by atoms with Crippen LogP contribution in [0, 0.1) is 0 Å². The minimum atomic E-state index is 0.390. The van der Waals surface area contributed by atoms with Crippen molar-refractivity contribution in [2.75, 3.05) is 4.90 Å². The number of para-hydroxylation sites is 1. The summed E-state index contributed by atoms with van der Waals surface area (Å²) < 4.78 is 0. The molecule has 0 spiro atoms. The quantitative estimate of drug-likeness (QED) is 0.844. The number of benzene rings is 2. The fourth-order valence-electron chi connectivity index (χ4n) is 4.06. The first-order chi connectivity index (χ1) is 10.2. The first-order valence-electron chi connectivity index (χ1n) is 7.92. The van der Waals surface area contributed by atoms with Crippen LogP contribution < -0.4 is 4.90 Å². The Bertz CT molecular complexity index is 679. The van der Waals surface area contributed by atoms with Gasteiger partial charge in [-0.3, -0.25) is 0 Å². The minimum absolute atomic E-state index is 0.390. The zero-order chi connectivity index (χ0) is 14.4. The van der Waals surface area contributed by atoms with E-state index in [0.717, 1.165) is 12.8 Å². The normalized spacial score (nSPS) is 23.8. The number of phenolic OH excluding ortho intramolecular Hbond substituents is 1. The summed E-state index contributed by atoms with van der Waals surface area (Å²) in [4.78, 5) is 2.61. The van der Waals surface area contributed by atoms with Gasteiger partial charge in [-0.05, 0) is 67.5 Å². The molecule has 0 saturated heterocycles. The van der Waals surface area contributed by atoms with E-state index in [1.165, 1.54) is 35.2 Å². The van der Waals surface area contributed by atoms with Crippen LogP contribution in [0.2, 0.25) is 0 Å². The molecule has 0 radical (unpaired) electrons. The summed E-state index contributed by atoms with van der Waals surface area (Å²) in [7, 11) is 0. The van der Waals surface area contributed by atoms with E-state index in [9.17, 15) is 5.11 Å². The lowest BCUT2D eigenvalue weighted by molar-refractivity contribution is 0.474. The van der Waals surface area contributed by atoms with E-state index in [4.69, 9.17) is 0 Å². The Morgan fingerprint density at radius 1 is 1.00 bits per heavy atom. The lowest BCUT2D eigenvalue weighted by atomic mass is 9.93. The predicted molar refractivity (Wildman–Crippen MR) is 85.9 cm³/mol. The Labute approximate surface area is 126 Å². The van der Waals surface area contributed by atoms with Gasteiger partial charge in [0.2, 0.25) is 0 Å². The molecule has 2 heteroatoms. The third-order valence-electron chi connectivity index (χ3n) is 5.08. The highest BCUT2D eigenvalue weighted by atomic mass is 16.3. The molecule has 0 aromatic heterocycles. The van der Waals surface area contributed by atoms with Crippen LogP contribution >= 0.6 is 0 Å². The second-order valence-corrected chi connectivity index (χ2v) is 6.36. The van der Waals surface area contributed by atoms with Gasteiger partial charge >= 0.3 is 0 Å². The Morgan fingerprint density at radius 3 is 2.71 bits per heavy atom. The van der Waals surface area contributed by atoms with Gasteiger partial charge in [-0.25, -0.2) is 0 Å². The highest BCUT2D eigenvalue weighted by Gasteiger charge is 2.33. The van der Waals surface area contributed by atoms with E-state index < -0.39 is 0 Å². The highest BCUT2D eigenvalue weighted by molar-refractivity contribution is 5.59. The Kier molecular flexibility index (Phi) is 2.91. The van der Waals surface area contributed by atoms with E-state index in [2.05, 4.69) is 42.2 Å². The maximum Gasteiger partial charge on any atom is 0.115 e.